The molecule has 24 heavy (non-hydrogen) atoms. The zero-order valence-electron chi connectivity index (χ0n) is 14.5. The molecule has 2 heterocycles. The third-order valence-electron chi connectivity index (χ3n) is 4.45. The predicted molar refractivity (Wildman–Crippen MR) is 95.2 cm³/mol. The lowest BCUT2D eigenvalue weighted by Crippen LogP contribution is -2.30. The smallest absolute Gasteiger partial charge is 0.252 e. The van der Waals surface area contributed by atoms with Crippen LogP contribution in [0.1, 0.15) is 40.1 Å². The molecule has 1 atom stereocenters. The van der Waals surface area contributed by atoms with Crippen LogP contribution in [0.2, 0.25) is 0 Å². The third kappa shape index (κ3) is 3.02. The lowest BCUT2D eigenvalue weighted by atomic mass is 9.99. The SMILES string of the molecule is Cc1ccc2nc(C)c(C)c(C(=O)NC[C@@H](C)n3ccnc3)c2c1. The number of benzene rings is 1. The van der Waals surface area contributed by atoms with Crippen molar-refractivity contribution >= 4 is 16.8 Å². The van der Waals surface area contributed by atoms with Gasteiger partial charge in [0.15, 0.2) is 0 Å². The second-order valence-corrected chi connectivity index (χ2v) is 6.29. The van der Waals surface area contributed by atoms with Crippen LogP contribution in [-0.4, -0.2) is 27.0 Å². The molecular weight excluding hydrogens is 300 g/mol. The van der Waals surface area contributed by atoms with Crippen molar-refractivity contribution in [2.75, 3.05) is 6.54 Å². The molecule has 5 heteroatoms. The molecule has 124 valence electrons. The summed E-state index contributed by atoms with van der Waals surface area (Å²) in [5.74, 6) is -0.0550. The number of pyridine rings is 1. The molecule has 5 nitrogen and oxygen atoms in total. The summed E-state index contributed by atoms with van der Waals surface area (Å²) in [6, 6.07) is 6.17. The normalized spacial score (nSPS) is 12.3. The summed E-state index contributed by atoms with van der Waals surface area (Å²) in [7, 11) is 0. The molecule has 0 bridgehead atoms. The van der Waals surface area contributed by atoms with Crippen LogP contribution in [0, 0.1) is 20.8 Å². The number of nitrogens with zero attached hydrogens (tertiary/aromatic N) is 3. The fraction of sp³-hybridized carbons (Fsp3) is 0.316. The first-order valence-electron chi connectivity index (χ1n) is 8.10. The Morgan fingerprint density at radius 2 is 2.08 bits per heavy atom. The number of nitrogens with one attached hydrogen (secondary N) is 1. The summed E-state index contributed by atoms with van der Waals surface area (Å²) in [4.78, 5) is 21.5. The van der Waals surface area contributed by atoms with E-state index in [1.807, 2.05) is 49.7 Å². The number of carbonyl (C=O) groups is 1. The van der Waals surface area contributed by atoms with Crippen molar-refractivity contribution in [3.63, 3.8) is 0 Å². The summed E-state index contributed by atoms with van der Waals surface area (Å²) in [5, 5.41) is 3.96. The topological polar surface area (TPSA) is 59.8 Å². The van der Waals surface area contributed by atoms with Crippen molar-refractivity contribution < 1.29 is 4.79 Å². The highest BCUT2D eigenvalue weighted by Crippen LogP contribution is 2.24. The van der Waals surface area contributed by atoms with Gasteiger partial charge in [-0.25, -0.2) is 4.98 Å². The van der Waals surface area contributed by atoms with E-state index in [0.717, 1.165) is 33.3 Å². The number of hydrogen-bond donors (Lipinski definition) is 1. The van der Waals surface area contributed by atoms with Crippen LogP contribution < -0.4 is 5.32 Å². The van der Waals surface area contributed by atoms with Gasteiger partial charge in [0.25, 0.3) is 5.91 Å². The zero-order valence-corrected chi connectivity index (χ0v) is 14.5. The molecule has 3 rings (SSSR count). The average Bonchev–Trinajstić information content (AvgIpc) is 3.08. The predicted octanol–water partition coefficient (Wildman–Crippen LogP) is 3.35. The highest BCUT2D eigenvalue weighted by molar-refractivity contribution is 6.07. The van der Waals surface area contributed by atoms with Gasteiger partial charge in [0.1, 0.15) is 0 Å². The molecule has 0 saturated carbocycles. The third-order valence-corrected chi connectivity index (χ3v) is 4.45. The second kappa shape index (κ2) is 6.43. The summed E-state index contributed by atoms with van der Waals surface area (Å²) in [6.07, 6.45) is 5.40. The monoisotopic (exact) mass is 322 g/mol. The lowest BCUT2D eigenvalue weighted by Gasteiger charge is -2.16. The first-order valence-corrected chi connectivity index (χ1v) is 8.10. The van der Waals surface area contributed by atoms with Gasteiger partial charge >= 0.3 is 0 Å². The van der Waals surface area contributed by atoms with Gasteiger partial charge in [-0.3, -0.25) is 9.78 Å². The number of rotatable bonds is 4. The van der Waals surface area contributed by atoms with Gasteiger partial charge in [0, 0.05) is 36.1 Å². The van der Waals surface area contributed by atoms with E-state index in [-0.39, 0.29) is 11.9 Å². The molecule has 0 spiro atoms. The molecule has 0 aliphatic carbocycles. The van der Waals surface area contributed by atoms with Gasteiger partial charge in [0.2, 0.25) is 0 Å². The maximum Gasteiger partial charge on any atom is 0.252 e. The van der Waals surface area contributed by atoms with Crippen molar-refractivity contribution in [1.82, 2.24) is 19.9 Å². The number of aromatic nitrogens is 3. The number of aryl methyl sites for hydroxylation is 2. The Labute approximate surface area is 141 Å². The highest BCUT2D eigenvalue weighted by Gasteiger charge is 2.17. The molecule has 1 aromatic carbocycles. The van der Waals surface area contributed by atoms with Crippen LogP contribution in [0.4, 0.5) is 0 Å². The van der Waals surface area contributed by atoms with Crippen molar-refractivity contribution in [3.05, 3.63) is 59.3 Å². The minimum absolute atomic E-state index is 0.0550. The standard InChI is InChI=1S/C19H22N4O/c1-12-5-6-17-16(9-12)18(14(3)15(4)22-17)19(24)21-10-13(2)23-8-7-20-11-23/h5-9,11,13H,10H2,1-4H3,(H,21,24)/t13-/m1/s1. The number of carbonyl (C=O) groups excluding carboxylic acids is 1. The van der Waals surface area contributed by atoms with E-state index in [9.17, 15) is 4.79 Å². The molecule has 0 aliphatic heterocycles. The molecule has 0 unspecified atom stereocenters. The largest absolute Gasteiger partial charge is 0.350 e. The Morgan fingerprint density at radius 3 is 2.79 bits per heavy atom. The van der Waals surface area contributed by atoms with Gasteiger partial charge in [0.05, 0.1) is 17.4 Å². The van der Waals surface area contributed by atoms with Gasteiger partial charge in [-0.05, 0) is 45.4 Å². The Morgan fingerprint density at radius 1 is 1.29 bits per heavy atom. The molecule has 0 fully saturated rings. The molecule has 3 aromatic rings. The molecule has 0 aliphatic rings. The Hall–Kier alpha value is -2.69. The maximum atomic E-state index is 12.9. The Kier molecular flexibility index (Phi) is 4.34. The van der Waals surface area contributed by atoms with E-state index in [4.69, 9.17) is 0 Å². The summed E-state index contributed by atoms with van der Waals surface area (Å²) in [5.41, 5.74) is 4.52. The molecule has 0 radical (unpaired) electrons. The number of fused-ring (bicyclic) bond motifs is 1. The quantitative estimate of drug-likeness (QED) is 0.801. The van der Waals surface area contributed by atoms with Gasteiger partial charge in [-0.1, -0.05) is 11.6 Å². The van der Waals surface area contributed by atoms with Crippen molar-refractivity contribution in [2.24, 2.45) is 0 Å². The highest BCUT2D eigenvalue weighted by atomic mass is 16.1. The van der Waals surface area contributed by atoms with Gasteiger partial charge in [-0.2, -0.15) is 0 Å². The minimum atomic E-state index is -0.0550. The van der Waals surface area contributed by atoms with Crippen molar-refractivity contribution in [3.8, 4) is 0 Å². The van der Waals surface area contributed by atoms with Crippen molar-refractivity contribution in [1.29, 1.82) is 0 Å². The molecule has 2 aromatic heterocycles. The van der Waals surface area contributed by atoms with Gasteiger partial charge in [-0.15, -0.1) is 0 Å². The van der Waals surface area contributed by atoms with E-state index in [0.29, 0.717) is 6.54 Å². The Balaban J connectivity index is 1.91. The molecule has 1 N–H and O–H groups in total. The molecular formula is C19H22N4O. The van der Waals surface area contributed by atoms with Crippen LogP contribution in [0.3, 0.4) is 0 Å². The van der Waals surface area contributed by atoms with E-state index in [2.05, 4.69) is 22.2 Å². The Bertz CT molecular complexity index is 884. The first kappa shape index (κ1) is 16.2. The van der Waals surface area contributed by atoms with Crippen LogP contribution in [-0.2, 0) is 0 Å². The summed E-state index contributed by atoms with van der Waals surface area (Å²) >= 11 is 0. The van der Waals surface area contributed by atoms with Crippen LogP contribution in [0.15, 0.2) is 36.9 Å². The fourth-order valence-corrected chi connectivity index (χ4v) is 2.85. The van der Waals surface area contributed by atoms with E-state index in [1.54, 1.807) is 12.5 Å². The van der Waals surface area contributed by atoms with Crippen LogP contribution in [0.5, 0.6) is 0 Å². The molecule has 1 amide bonds. The zero-order chi connectivity index (χ0) is 17.3. The lowest BCUT2D eigenvalue weighted by molar-refractivity contribution is 0.0949. The number of imidazole rings is 1. The van der Waals surface area contributed by atoms with E-state index >= 15 is 0 Å². The van der Waals surface area contributed by atoms with E-state index in [1.165, 1.54) is 0 Å². The fourth-order valence-electron chi connectivity index (χ4n) is 2.85. The second-order valence-electron chi connectivity index (χ2n) is 6.29. The summed E-state index contributed by atoms with van der Waals surface area (Å²) in [6.45, 7) is 8.52. The van der Waals surface area contributed by atoms with Crippen LogP contribution >= 0.6 is 0 Å². The van der Waals surface area contributed by atoms with Crippen LogP contribution in [0.25, 0.3) is 10.9 Å². The molecule has 0 saturated heterocycles. The summed E-state index contributed by atoms with van der Waals surface area (Å²) < 4.78 is 1.98. The minimum Gasteiger partial charge on any atom is -0.350 e. The number of amides is 1. The van der Waals surface area contributed by atoms with Gasteiger partial charge < -0.3 is 9.88 Å². The van der Waals surface area contributed by atoms with E-state index < -0.39 is 0 Å². The average molecular weight is 322 g/mol. The number of hydrogen-bond acceptors (Lipinski definition) is 3. The maximum absolute atomic E-state index is 12.9. The van der Waals surface area contributed by atoms with Crippen molar-refractivity contribution in [2.45, 2.75) is 33.7 Å². The first-order chi connectivity index (χ1) is 11.5.